The smallest absolute Gasteiger partial charge is 0.136 e. The van der Waals surface area contributed by atoms with Crippen LogP contribution in [0.4, 0.5) is 11.4 Å². The van der Waals surface area contributed by atoms with E-state index in [0.717, 1.165) is 67.8 Å². The second kappa shape index (κ2) is 14.6. The van der Waals surface area contributed by atoms with Crippen LogP contribution in [0.3, 0.4) is 0 Å². The maximum atomic E-state index is 5.37. The molecule has 5 heteroatoms. The molecule has 60 heavy (non-hydrogen) atoms. The second-order valence-electron chi connectivity index (χ2n) is 18.2. The van der Waals surface area contributed by atoms with Gasteiger partial charge in [-0.05, 0) is 114 Å². The lowest BCUT2D eigenvalue weighted by atomic mass is 9.83. The Morgan fingerprint density at radius 2 is 0.617 bits per heavy atom. The average molecular weight is 784 g/mol. The molecule has 1 aromatic heterocycles. The molecule has 9 rings (SSSR count). The van der Waals surface area contributed by atoms with Crippen LogP contribution in [-0.4, -0.2) is 38.8 Å². The summed E-state index contributed by atoms with van der Waals surface area (Å²) in [5.74, 6) is 1.98. The molecule has 0 saturated heterocycles. The largest absolute Gasteiger partial charge is 0.318 e. The lowest BCUT2D eigenvalue weighted by molar-refractivity contribution is 0.338. The van der Waals surface area contributed by atoms with E-state index >= 15 is 0 Å². The van der Waals surface area contributed by atoms with Gasteiger partial charge in [0.15, 0.2) is 0 Å². The molecular weight excluding hydrogens is 731 g/mol. The van der Waals surface area contributed by atoms with Gasteiger partial charge in [0, 0.05) is 33.6 Å². The van der Waals surface area contributed by atoms with Crippen LogP contribution in [0.2, 0.25) is 0 Å². The van der Waals surface area contributed by atoms with Gasteiger partial charge < -0.3 is 9.80 Å². The number of hydrogen-bond donors (Lipinski definition) is 0. The molecule has 0 bridgehead atoms. The van der Waals surface area contributed by atoms with Crippen molar-refractivity contribution < 1.29 is 0 Å². The van der Waals surface area contributed by atoms with Gasteiger partial charge in [-0.3, -0.25) is 9.98 Å². The first-order valence-electron chi connectivity index (χ1n) is 21.0. The summed E-state index contributed by atoms with van der Waals surface area (Å²) in [5, 5.41) is 0. The van der Waals surface area contributed by atoms with Crippen LogP contribution in [0.15, 0.2) is 186 Å². The van der Waals surface area contributed by atoms with Crippen molar-refractivity contribution in [2.45, 2.75) is 77.5 Å². The second-order valence-corrected chi connectivity index (χ2v) is 18.2. The van der Waals surface area contributed by atoms with Crippen LogP contribution in [-0.2, 0) is 0 Å². The van der Waals surface area contributed by atoms with Crippen molar-refractivity contribution in [3.8, 4) is 44.8 Å². The molecule has 0 aliphatic carbocycles. The van der Waals surface area contributed by atoms with Crippen LogP contribution in [0.1, 0.15) is 66.5 Å². The van der Waals surface area contributed by atoms with E-state index in [4.69, 9.17) is 15.0 Å². The first-order chi connectivity index (χ1) is 28.7. The zero-order valence-corrected chi connectivity index (χ0v) is 36.0. The van der Waals surface area contributed by atoms with E-state index in [1.165, 1.54) is 11.1 Å². The van der Waals surface area contributed by atoms with Crippen molar-refractivity contribution in [2.75, 3.05) is 9.80 Å². The van der Waals surface area contributed by atoms with E-state index in [0.29, 0.717) is 0 Å². The van der Waals surface area contributed by atoms with E-state index in [1.54, 1.807) is 0 Å². The van der Waals surface area contributed by atoms with E-state index in [9.17, 15) is 0 Å². The van der Waals surface area contributed by atoms with E-state index in [1.807, 2.05) is 0 Å². The van der Waals surface area contributed by atoms with Crippen LogP contribution < -0.4 is 9.80 Å². The molecule has 0 radical (unpaired) electrons. The molecule has 0 saturated carbocycles. The van der Waals surface area contributed by atoms with Crippen LogP contribution in [0.5, 0.6) is 0 Å². The molecule has 0 amide bonds. The zero-order chi connectivity index (χ0) is 41.9. The van der Waals surface area contributed by atoms with E-state index < -0.39 is 0 Å². The number of hydrogen-bond acceptors (Lipinski definition) is 5. The molecule has 3 heterocycles. The summed E-state index contributed by atoms with van der Waals surface area (Å²) in [6, 6.07) is 62.6. The highest BCUT2D eigenvalue weighted by Gasteiger charge is 2.50. The summed E-state index contributed by atoms with van der Waals surface area (Å²) < 4.78 is 0. The molecule has 0 unspecified atom stereocenters. The van der Waals surface area contributed by atoms with Gasteiger partial charge in [0.1, 0.15) is 11.7 Å². The van der Waals surface area contributed by atoms with Crippen LogP contribution in [0, 0.1) is 0 Å². The molecule has 0 fully saturated rings. The number of aliphatic imine (C=N–C) groups is 2. The summed E-state index contributed by atoms with van der Waals surface area (Å²) >= 11 is 0. The molecule has 5 nitrogen and oxygen atoms in total. The molecule has 0 N–H and O–H groups in total. The maximum absolute atomic E-state index is 5.37. The van der Waals surface area contributed by atoms with Gasteiger partial charge in [0.05, 0.1) is 33.5 Å². The van der Waals surface area contributed by atoms with Crippen molar-refractivity contribution in [1.82, 2.24) is 4.98 Å². The molecule has 6 aromatic carbocycles. The normalized spacial score (nSPS) is 17.3. The predicted molar refractivity (Wildman–Crippen MR) is 253 cm³/mol. The zero-order valence-electron chi connectivity index (χ0n) is 36.0. The Morgan fingerprint density at radius 1 is 0.317 bits per heavy atom. The standard InChI is InChI=1S/C55H53N5/c1-52(2)54(5,6)59(50(57-52)43-20-14-10-15-21-43)46-32-28-41(29-33-46)48-36-45(40-26-24-39(25-27-40)38-18-12-9-13-19-38)37-49(56-48)42-30-34-47(35-31-42)60-51(44-22-16-11-17-23-44)58-53(3,4)55(60,7)8/h9-37H,1-8H3. The number of benzene rings is 6. The lowest BCUT2D eigenvalue weighted by Gasteiger charge is -2.41. The third kappa shape index (κ3) is 6.72. The van der Waals surface area contributed by atoms with Crippen molar-refractivity contribution in [3.05, 3.63) is 187 Å². The monoisotopic (exact) mass is 783 g/mol. The fourth-order valence-electron chi connectivity index (χ4n) is 8.47. The number of rotatable bonds is 8. The van der Waals surface area contributed by atoms with Gasteiger partial charge in [0.2, 0.25) is 0 Å². The van der Waals surface area contributed by atoms with E-state index in [2.05, 4.69) is 241 Å². The van der Waals surface area contributed by atoms with Gasteiger partial charge in [-0.25, -0.2) is 4.98 Å². The van der Waals surface area contributed by atoms with Crippen molar-refractivity contribution in [1.29, 1.82) is 0 Å². The van der Waals surface area contributed by atoms with Gasteiger partial charge >= 0.3 is 0 Å². The van der Waals surface area contributed by atoms with Gasteiger partial charge in [-0.2, -0.15) is 0 Å². The van der Waals surface area contributed by atoms with Crippen LogP contribution >= 0.6 is 0 Å². The van der Waals surface area contributed by atoms with Gasteiger partial charge in [-0.15, -0.1) is 0 Å². The molecule has 7 aromatic rings. The highest BCUT2D eigenvalue weighted by molar-refractivity contribution is 6.13. The molecule has 298 valence electrons. The maximum Gasteiger partial charge on any atom is 0.136 e. The molecular formula is C55H53N5. The highest BCUT2D eigenvalue weighted by Crippen LogP contribution is 2.44. The van der Waals surface area contributed by atoms with Crippen molar-refractivity contribution in [3.63, 3.8) is 0 Å². The summed E-state index contributed by atoms with van der Waals surface area (Å²) in [6.07, 6.45) is 0. The Hall–Kier alpha value is -6.59. The molecule has 0 atom stereocenters. The minimum atomic E-state index is -0.288. The van der Waals surface area contributed by atoms with Gasteiger partial charge in [-0.1, -0.05) is 140 Å². The third-order valence-corrected chi connectivity index (χ3v) is 13.4. The Bertz CT molecular complexity index is 2560. The number of anilines is 2. The third-order valence-electron chi connectivity index (χ3n) is 13.4. The predicted octanol–water partition coefficient (Wildman–Crippen LogP) is 13.4. The minimum absolute atomic E-state index is 0.253. The number of amidine groups is 2. The first kappa shape index (κ1) is 38.9. The minimum Gasteiger partial charge on any atom is -0.318 e. The average Bonchev–Trinajstić information content (AvgIpc) is 3.59. The van der Waals surface area contributed by atoms with Crippen molar-refractivity contribution >= 4 is 23.0 Å². The lowest BCUT2D eigenvalue weighted by Crippen LogP contribution is -2.53. The summed E-state index contributed by atoms with van der Waals surface area (Å²) in [7, 11) is 0. The SMILES string of the molecule is CC1(C)N=C(c2ccccc2)N(c2ccc(-c3cc(-c4ccc(-c5ccccc5)cc4)cc(-c4ccc(N5C(c6ccccc6)=NC(C)(C)C5(C)C)cc4)n3)cc2)C1(C)C. The van der Waals surface area contributed by atoms with Crippen molar-refractivity contribution in [2.24, 2.45) is 9.98 Å². The Morgan fingerprint density at radius 3 is 0.983 bits per heavy atom. The van der Waals surface area contributed by atoms with E-state index in [-0.39, 0.29) is 22.2 Å². The van der Waals surface area contributed by atoms with Gasteiger partial charge in [0.25, 0.3) is 0 Å². The summed E-state index contributed by atoms with van der Waals surface area (Å²) in [4.78, 5) is 20.7. The Kier molecular flexibility index (Phi) is 9.47. The fraction of sp³-hybridized carbons (Fsp3) is 0.218. The number of nitrogens with zero attached hydrogens (tertiary/aromatic N) is 5. The molecule has 2 aliphatic rings. The topological polar surface area (TPSA) is 44.1 Å². The molecule has 2 aliphatic heterocycles. The highest BCUT2D eigenvalue weighted by atomic mass is 15.3. The Labute approximate surface area is 355 Å². The van der Waals surface area contributed by atoms with Crippen LogP contribution in [0.25, 0.3) is 44.8 Å². The Balaban J connectivity index is 1.11. The quantitative estimate of drug-likeness (QED) is 0.154. The summed E-state index contributed by atoms with van der Waals surface area (Å²) in [6.45, 7) is 18.0. The first-order valence-corrected chi connectivity index (χ1v) is 21.0. The molecule has 0 spiro atoms. The fourth-order valence-corrected chi connectivity index (χ4v) is 8.47. The number of aromatic nitrogens is 1. The summed E-state index contributed by atoms with van der Waals surface area (Å²) in [5.41, 5.74) is 12.0. The number of pyridine rings is 1.